The second kappa shape index (κ2) is 47.1. The fourth-order valence-electron chi connectivity index (χ4n) is 6.81. The van der Waals surface area contributed by atoms with Crippen LogP contribution in [0, 0.1) is 0 Å². The molecule has 0 bridgehead atoms. The van der Waals surface area contributed by atoms with Crippen LogP contribution in [0.25, 0.3) is 0 Å². The first-order valence-electron chi connectivity index (χ1n) is 24.6. The Bertz CT molecular complexity index is 1030. The van der Waals surface area contributed by atoms with Crippen molar-refractivity contribution in [1.29, 1.82) is 0 Å². The summed E-state index contributed by atoms with van der Waals surface area (Å²) in [6.45, 7) is 6.46. The number of carbonyl (C=O) groups is 3. The molecule has 58 heavy (non-hydrogen) atoms. The van der Waals surface area contributed by atoms with Gasteiger partial charge in [0.2, 0.25) is 0 Å². The standard InChI is InChI=1S/C52H92O6/c1-4-7-10-13-16-19-22-24-25-26-27-28-29-31-33-36-39-42-45-51(54)57-48-49(47-56-50(53)44-41-38-35-32-21-18-15-12-9-6-3)58-52(55)46-43-40-37-34-30-23-20-17-14-11-8-5-2/h8,11,15,17-18,20,27-28,49H,4-7,9-10,12-14,16,19,21-26,29-48H2,1-3H3/b11-8-,18-15-,20-17-,28-27-. The predicted molar refractivity (Wildman–Crippen MR) is 247 cm³/mol. The number of rotatable bonds is 44. The van der Waals surface area contributed by atoms with Crippen molar-refractivity contribution in [3.63, 3.8) is 0 Å². The van der Waals surface area contributed by atoms with Gasteiger partial charge in [0.25, 0.3) is 0 Å². The molecule has 0 amide bonds. The van der Waals surface area contributed by atoms with Crippen LogP contribution < -0.4 is 0 Å². The summed E-state index contributed by atoms with van der Waals surface area (Å²) in [6, 6.07) is 0. The molecule has 0 heterocycles. The first-order valence-corrected chi connectivity index (χ1v) is 24.6. The van der Waals surface area contributed by atoms with Crippen LogP contribution in [0.15, 0.2) is 48.6 Å². The van der Waals surface area contributed by atoms with Crippen LogP contribution in [-0.2, 0) is 28.6 Å². The van der Waals surface area contributed by atoms with E-state index in [1.54, 1.807) is 0 Å². The molecule has 6 nitrogen and oxygen atoms in total. The Morgan fingerprint density at radius 1 is 0.362 bits per heavy atom. The summed E-state index contributed by atoms with van der Waals surface area (Å²) in [6.07, 6.45) is 55.3. The van der Waals surface area contributed by atoms with Gasteiger partial charge in [-0.05, 0) is 89.9 Å². The molecule has 0 rings (SSSR count). The molecule has 0 saturated carbocycles. The number of hydrogen-bond acceptors (Lipinski definition) is 6. The van der Waals surface area contributed by atoms with Crippen molar-refractivity contribution in [2.24, 2.45) is 0 Å². The van der Waals surface area contributed by atoms with E-state index in [0.29, 0.717) is 19.3 Å². The van der Waals surface area contributed by atoms with Gasteiger partial charge in [-0.2, -0.15) is 0 Å². The molecule has 1 atom stereocenters. The van der Waals surface area contributed by atoms with Crippen molar-refractivity contribution in [3.05, 3.63) is 48.6 Å². The van der Waals surface area contributed by atoms with E-state index in [-0.39, 0.29) is 31.1 Å². The molecular weight excluding hydrogens is 721 g/mol. The van der Waals surface area contributed by atoms with Crippen LogP contribution in [0.3, 0.4) is 0 Å². The average Bonchev–Trinajstić information content (AvgIpc) is 3.22. The lowest BCUT2D eigenvalue weighted by Gasteiger charge is -2.18. The second-order valence-electron chi connectivity index (χ2n) is 16.3. The summed E-state index contributed by atoms with van der Waals surface area (Å²) in [5.74, 6) is -0.921. The third-order valence-electron chi connectivity index (χ3n) is 10.5. The molecule has 1 unspecified atom stereocenters. The highest BCUT2D eigenvalue weighted by Gasteiger charge is 2.19. The smallest absolute Gasteiger partial charge is 0.306 e. The van der Waals surface area contributed by atoms with E-state index in [2.05, 4.69) is 69.4 Å². The molecule has 0 aromatic rings. The third-order valence-corrected chi connectivity index (χ3v) is 10.5. The molecule has 0 saturated heterocycles. The van der Waals surface area contributed by atoms with Gasteiger partial charge in [0, 0.05) is 19.3 Å². The lowest BCUT2D eigenvalue weighted by Crippen LogP contribution is -2.30. The summed E-state index contributed by atoms with van der Waals surface area (Å²) in [5.41, 5.74) is 0. The third kappa shape index (κ3) is 44.5. The summed E-state index contributed by atoms with van der Waals surface area (Å²) < 4.78 is 16.7. The normalized spacial score (nSPS) is 12.4. The number of unbranched alkanes of at least 4 members (excludes halogenated alkanes) is 25. The molecule has 0 aliphatic carbocycles. The first kappa shape index (κ1) is 55.4. The minimum absolute atomic E-state index is 0.0865. The molecule has 0 spiro atoms. The van der Waals surface area contributed by atoms with Gasteiger partial charge in [0.1, 0.15) is 13.2 Å². The van der Waals surface area contributed by atoms with Crippen LogP contribution in [0.2, 0.25) is 0 Å². The summed E-state index contributed by atoms with van der Waals surface area (Å²) in [5, 5.41) is 0. The second-order valence-corrected chi connectivity index (χ2v) is 16.3. The molecule has 0 N–H and O–H groups in total. The van der Waals surface area contributed by atoms with Crippen LogP contribution in [0.1, 0.15) is 245 Å². The first-order chi connectivity index (χ1) is 28.5. The van der Waals surface area contributed by atoms with Crippen molar-refractivity contribution in [3.8, 4) is 0 Å². The Labute approximate surface area is 358 Å². The zero-order valence-electron chi connectivity index (χ0n) is 38.3. The van der Waals surface area contributed by atoms with Gasteiger partial charge in [0.15, 0.2) is 6.10 Å². The fourth-order valence-corrected chi connectivity index (χ4v) is 6.81. The van der Waals surface area contributed by atoms with Gasteiger partial charge in [-0.3, -0.25) is 14.4 Å². The largest absolute Gasteiger partial charge is 0.462 e. The number of hydrogen-bond donors (Lipinski definition) is 0. The van der Waals surface area contributed by atoms with E-state index in [0.717, 1.165) is 116 Å². The number of ether oxygens (including phenoxy) is 3. The predicted octanol–water partition coefficient (Wildman–Crippen LogP) is 15.9. The van der Waals surface area contributed by atoms with Crippen molar-refractivity contribution < 1.29 is 28.6 Å². The van der Waals surface area contributed by atoms with Crippen molar-refractivity contribution in [1.82, 2.24) is 0 Å². The number of allylic oxidation sites excluding steroid dienone is 8. The molecule has 0 aromatic carbocycles. The summed E-state index contributed by atoms with van der Waals surface area (Å²) in [4.78, 5) is 37.8. The van der Waals surface area contributed by atoms with Crippen LogP contribution in [0.5, 0.6) is 0 Å². The molecule has 336 valence electrons. The Kier molecular flexibility index (Phi) is 44.9. The van der Waals surface area contributed by atoms with Gasteiger partial charge < -0.3 is 14.2 Å². The van der Waals surface area contributed by atoms with Gasteiger partial charge in [-0.1, -0.05) is 185 Å². The highest BCUT2D eigenvalue weighted by molar-refractivity contribution is 5.71. The van der Waals surface area contributed by atoms with E-state index in [9.17, 15) is 14.4 Å². The minimum Gasteiger partial charge on any atom is -0.462 e. The van der Waals surface area contributed by atoms with Crippen molar-refractivity contribution in [2.75, 3.05) is 13.2 Å². The average molecular weight is 813 g/mol. The van der Waals surface area contributed by atoms with E-state index in [1.165, 1.54) is 89.9 Å². The van der Waals surface area contributed by atoms with Crippen molar-refractivity contribution >= 4 is 17.9 Å². The minimum atomic E-state index is -0.785. The number of carbonyl (C=O) groups excluding carboxylic acids is 3. The maximum atomic E-state index is 12.7. The maximum Gasteiger partial charge on any atom is 0.306 e. The van der Waals surface area contributed by atoms with Gasteiger partial charge >= 0.3 is 17.9 Å². The molecule has 0 aromatic heterocycles. The zero-order chi connectivity index (χ0) is 42.3. The lowest BCUT2D eigenvalue weighted by atomic mass is 10.1. The zero-order valence-corrected chi connectivity index (χ0v) is 38.3. The van der Waals surface area contributed by atoms with E-state index < -0.39 is 6.10 Å². The monoisotopic (exact) mass is 813 g/mol. The Morgan fingerprint density at radius 3 is 1.10 bits per heavy atom. The molecule has 0 aliphatic heterocycles. The van der Waals surface area contributed by atoms with Gasteiger partial charge in [-0.25, -0.2) is 0 Å². The Balaban J connectivity index is 4.34. The Hall–Kier alpha value is -2.63. The van der Waals surface area contributed by atoms with Crippen LogP contribution >= 0.6 is 0 Å². The van der Waals surface area contributed by atoms with Crippen molar-refractivity contribution in [2.45, 2.75) is 252 Å². The summed E-state index contributed by atoms with van der Waals surface area (Å²) >= 11 is 0. The molecular formula is C52H92O6. The van der Waals surface area contributed by atoms with E-state index in [4.69, 9.17) is 14.2 Å². The van der Waals surface area contributed by atoms with E-state index in [1.807, 2.05) is 0 Å². The molecule has 0 aliphatic rings. The molecule has 0 fully saturated rings. The SMILES string of the molecule is CC/C=C\C/C=C\CCCCCCCC(=O)OC(COC(=O)CCCCCC/C=C\CCCC)COC(=O)CCCCCCC/C=C\CCCCCCCCCCC. The highest BCUT2D eigenvalue weighted by atomic mass is 16.6. The maximum absolute atomic E-state index is 12.7. The molecule has 0 radical (unpaired) electrons. The Morgan fingerprint density at radius 2 is 0.690 bits per heavy atom. The van der Waals surface area contributed by atoms with Crippen LogP contribution in [-0.4, -0.2) is 37.2 Å². The van der Waals surface area contributed by atoms with Crippen LogP contribution in [0.4, 0.5) is 0 Å². The highest BCUT2D eigenvalue weighted by Crippen LogP contribution is 2.14. The lowest BCUT2D eigenvalue weighted by molar-refractivity contribution is -0.167. The van der Waals surface area contributed by atoms with Gasteiger partial charge in [0.05, 0.1) is 0 Å². The van der Waals surface area contributed by atoms with E-state index >= 15 is 0 Å². The van der Waals surface area contributed by atoms with Gasteiger partial charge in [-0.15, -0.1) is 0 Å². The topological polar surface area (TPSA) is 78.9 Å². The quantitative estimate of drug-likeness (QED) is 0.0264. The number of esters is 3. The molecule has 6 heteroatoms. The summed E-state index contributed by atoms with van der Waals surface area (Å²) in [7, 11) is 0. The fraction of sp³-hybridized carbons (Fsp3) is 0.788.